The molecule has 3 N–H and O–H groups in total. The Balaban J connectivity index is 1.29. The van der Waals surface area contributed by atoms with Gasteiger partial charge in [-0.15, -0.1) is 0 Å². The first-order valence-electron chi connectivity index (χ1n) is 13.7. The van der Waals surface area contributed by atoms with Gasteiger partial charge in [-0.1, -0.05) is 13.8 Å². The van der Waals surface area contributed by atoms with Crippen LogP contribution >= 0.6 is 0 Å². The number of nitro benzene ring substituents is 1. The number of nitro groups is 1. The van der Waals surface area contributed by atoms with E-state index >= 15 is 0 Å². The number of phenols is 1. The summed E-state index contributed by atoms with van der Waals surface area (Å²) in [5, 5.41) is 39.3. The number of ether oxygens (including phenoxy) is 4. The van der Waals surface area contributed by atoms with Crippen LogP contribution in [-0.2, 0) is 0 Å². The van der Waals surface area contributed by atoms with Crippen LogP contribution in [0.15, 0.2) is 84.9 Å². The molecule has 4 aromatic rings. The summed E-state index contributed by atoms with van der Waals surface area (Å²) in [5.74, 6) is -4.01. The number of carbonyl (C=O) groups excluding carboxylic acids is 2. The van der Waals surface area contributed by atoms with Crippen LogP contribution in [0.2, 0.25) is 0 Å². The van der Waals surface area contributed by atoms with Crippen LogP contribution in [0.3, 0.4) is 0 Å². The number of nitrogens with zero attached hydrogens (tertiary/aromatic N) is 1. The smallest absolute Gasteiger partial charge is 0.344 e. The second-order valence-corrected chi connectivity index (χ2v) is 10.8. The fourth-order valence-electron chi connectivity index (χ4n) is 4.02. The van der Waals surface area contributed by atoms with E-state index in [2.05, 4.69) is 0 Å². The Morgan fingerprint density at radius 2 is 1.04 bits per heavy atom. The van der Waals surface area contributed by atoms with Crippen molar-refractivity contribution in [2.45, 2.75) is 13.8 Å². The molecule has 0 spiro atoms. The Kier molecular flexibility index (Phi) is 10.0. The van der Waals surface area contributed by atoms with E-state index in [9.17, 15) is 44.6 Å². The van der Waals surface area contributed by atoms with Gasteiger partial charge in [-0.25, -0.2) is 19.2 Å². The van der Waals surface area contributed by atoms with Gasteiger partial charge in [0.05, 0.1) is 40.4 Å². The van der Waals surface area contributed by atoms with Gasteiger partial charge in [0.15, 0.2) is 0 Å². The molecule has 0 aliphatic carbocycles. The molecule has 0 aliphatic heterocycles. The summed E-state index contributed by atoms with van der Waals surface area (Å²) < 4.78 is 22.2. The molecule has 0 saturated carbocycles. The fourth-order valence-corrected chi connectivity index (χ4v) is 4.02. The van der Waals surface area contributed by atoms with Gasteiger partial charge in [-0.05, 0) is 72.8 Å². The van der Waals surface area contributed by atoms with E-state index in [1.54, 1.807) is 12.1 Å². The number of hydrogen-bond acceptors (Lipinski definition) is 11. The van der Waals surface area contributed by atoms with Gasteiger partial charge in [0.25, 0.3) is 5.69 Å². The predicted molar refractivity (Wildman–Crippen MR) is 163 cm³/mol. The molecule has 4 aromatic carbocycles. The molecule has 0 radical (unpaired) electrons. The quantitative estimate of drug-likeness (QED) is 0.0699. The summed E-state index contributed by atoms with van der Waals surface area (Å²) in [6.07, 6.45) is 0. The number of phenolic OH excluding ortho intramolecular Hbond substituents is 1. The molecule has 242 valence electrons. The Bertz CT molecular complexity index is 1830. The molecular weight excluding hydrogens is 618 g/mol. The van der Waals surface area contributed by atoms with Gasteiger partial charge in [0.1, 0.15) is 28.7 Å². The van der Waals surface area contributed by atoms with Crippen molar-refractivity contribution in [3.8, 4) is 28.7 Å². The summed E-state index contributed by atoms with van der Waals surface area (Å²) in [5.41, 5.74) is -2.47. The minimum Gasteiger partial charge on any atom is -0.508 e. The third-order valence-corrected chi connectivity index (χ3v) is 6.45. The maximum absolute atomic E-state index is 12.6. The maximum Gasteiger partial charge on any atom is 0.344 e. The molecule has 0 aromatic heterocycles. The van der Waals surface area contributed by atoms with Gasteiger partial charge < -0.3 is 34.3 Å². The van der Waals surface area contributed by atoms with Crippen molar-refractivity contribution in [1.29, 1.82) is 0 Å². The molecule has 0 unspecified atom stereocenters. The van der Waals surface area contributed by atoms with E-state index in [4.69, 9.17) is 18.9 Å². The van der Waals surface area contributed by atoms with Gasteiger partial charge in [0, 0.05) is 17.5 Å². The fraction of sp³-hybridized carbons (Fsp3) is 0.152. The van der Waals surface area contributed by atoms with Crippen LogP contribution in [0.4, 0.5) is 5.69 Å². The van der Waals surface area contributed by atoms with Crippen molar-refractivity contribution < 1.29 is 58.4 Å². The molecule has 0 heterocycles. The number of esters is 2. The van der Waals surface area contributed by atoms with Crippen molar-refractivity contribution in [3.05, 3.63) is 117 Å². The van der Waals surface area contributed by atoms with E-state index in [1.165, 1.54) is 36.4 Å². The molecule has 4 rings (SSSR count). The van der Waals surface area contributed by atoms with E-state index in [-0.39, 0.29) is 41.6 Å². The van der Waals surface area contributed by atoms with Gasteiger partial charge in [-0.2, -0.15) is 0 Å². The number of carboxylic acid groups (broad SMARTS) is 2. The Morgan fingerprint density at radius 3 is 1.47 bits per heavy atom. The van der Waals surface area contributed by atoms with Gasteiger partial charge >= 0.3 is 23.9 Å². The lowest BCUT2D eigenvalue weighted by Gasteiger charge is -2.25. The zero-order chi connectivity index (χ0) is 34.3. The average molecular weight is 646 g/mol. The van der Waals surface area contributed by atoms with Gasteiger partial charge in [-0.3, -0.25) is 10.1 Å². The molecule has 14 heteroatoms. The van der Waals surface area contributed by atoms with Crippen molar-refractivity contribution >= 4 is 29.6 Å². The van der Waals surface area contributed by atoms with Crippen molar-refractivity contribution in [1.82, 2.24) is 0 Å². The van der Waals surface area contributed by atoms with E-state index in [1.807, 2.05) is 13.8 Å². The molecule has 0 bridgehead atoms. The molecular formula is C33H27NO13. The first-order valence-corrected chi connectivity index (χ1v) is 13.7. The summed E-state index contributed by atoms with van der Waals surface area (Å²) in [4.78, 5) is 58.3. The van der Waals surface area contributed by atoms with Crippen molar-refractivity contribution in [2.75, 3.05) is 13.2 Å². The van der Waals surface area contributed by atoms with Crippen molar-refractivity contribution in [3.63, 3.8) is 0 Å². The number of aromatic carboxylic acids is 2. The van der Waals surface area contributed by atoms with Crippen LogP contribution in [0.25, 0.3) is 0 Å². The Labute approximate surface area is 266 Å². The van der Waals surface area contributed by atoms with Gasteiger partial charge in [0.2, 0.25) is 0 Å². The lowest BCUT2D eigenvalue weighted by Crippen LogP contribution is -2.28. The minimum atomic E-state index is -1.44. The second-order valence-electron chi connectivity index (χ2n) is 10.8. The largest absolute Gasteiger partial charge is 0.508 e. The van der Waals surface area contributed by atoms with E-state index in [0.717, 1.165) is 36.4 Å². The van der Waals surface area contributed by atoms with Crippen LogP contribution < -0.4 is 18.9 Å². The summed E-state index contributed by atoms with van der Waals surface area (Å²) in [6.45, 7) is 4.23. The second kappa shape index (κ2) is 14.1. The number of rotatable bonds is 13. The number of benzene rings is 4. The summed E-state index contributed by atoms with van der Waals surface area (Å²) in [7, 11) is 0. The zero-order valence-corrected chi connectivity index (χ0v) is 24.9. The Hall–Kier alpha value is -6.44. The van der Waals surface area contributed by atoms with Crippen LogP contribution in [0, 0.1) is 15.5 Å². The van der Waals surface area contributed by atoms with Crippen LogP contribution in [0.5, 0.6) is 28.7 Å². The highest BCUT2D eigenvalue weighted by Gasteiger charge is 2.24. The molecule has 47 heavy (non-hydrogen) atoms. The highest BCUT2D eigenvalue weighted by molar-refractivity contribution is 6.04. The maximum atomic E-state index is 12.6. The highest BCUT2D eigenvalue weighted by Crippen LogP contribution is 2.26. The Morgan fingerprint density at radius 1 is 0.638 bits per heavy atom. The monoisotopic (exact) mass is 645 g/mol. The average Bonchev–Trinajstić information content (AvgIpc) is 3.03. The summed E-state index contributed by atoms with van der Waals surface area (Å²) >= 11 is 0. The third-order valence-electron chi connectivity index (χ3n) is 6.45. The molecule has 0 aliphatic rings. The number of non-ortho nitro benzene ring substituents is 1. The van der Waals surface area contributed by atoms with Crippen LogP contribution in [0.1, 0.15) is 55.3 Å². The van der Waals surface area contributed by atoms with E-state index in [0.29, 0.717) is 11.5 Å². The molecule has 14 nitrogen and oxygen atoms in total. The molecule has 0 saturated heterocycles. The molecule has 0 fully saturated rings. The molecule has 0 atom stereocenters. The normalized spacial score (nSPS) is 10.9. The molecule has 0 amide bonds. The highest BCUT2D eigenvalue weighted by atomic mass is 16.6. The number of carbonyl (C=O) groups is 4. The van der Waals surface area contributed by atoms with Crippen molar-refractivity contribution in [2.24, 2.45) is 5.41 Å². The lowest BCUT2D eigenvalue weighted by molar-refractivity contribution is -0.384. The van der Waals surface area contributed by atoms with Crippen LogP contribution in [-0.4, -0.2) is 57.3 Å². The standard InChI is InChI=1S/C33H27NO13/c1-33(2,18-45-22-7-11-24(12-8-22)47-32(41)28-16-20(35)4-14-26(28)30(38)39)17-44-21-5-9-23(10-6-21)46-31(40)27-15-19(34(42)43)3-13-25(27)29(36)37/h3-16,35H,17-18H2,1-2H3,(H,36,37)(H,38,39). The lowest BCUT2D eigenvalue weighted by atomic mass is 9.96. The predicted octanol–water partition coefficient (Wildman–Crippen LogP) is 5.62. The minimum absolute atomic E-state index is 0.0613. The topological polar surface area (TPSA) is 209 Å². The number of hydrogen-bond donors (Lipinski definition) is 3. The first kappa shape index (κ1) is 33.5. The summed E-state index contributed by atoms with van der Waals surface area (Å²) in [6, 6.07) is 18.0. The number of aromatic hydroxyl groups is 1. The van der Waals surface area contributed by atoms with E-state index < -0.39 is 51.0 Å². The SMILES string of the molecule is CC(C)(COc1ccc(OC(=O)c2cc(O)ccc2C(=O)O)cc1)COc1ccc(OC(=O)c2cc([N+](=O)[O-])ccc2C(=O)O)cc1. The number of carboxylic acids is 2. The zero-order valence-electron chi connectivity index (χ0n) is 24.9. The third kappa shape index (κ3) is 8.82. The first-order chi connectivity index (χ1) is 22.2.